The number of likely N-dealkylation sites (tertiary alicyclic amines) is 1. The second-order valence-electron chi connectivity index (χ2n) is 9.78. The molecule has 1 aliphatic heterocycles. The first-order chi connectivity index (χ1) is 18.4. The van der Waals surface area contributed by atoms with Gasteiger partial charge >= 0.3 is 0 Å². The van der Waals surface area contributed by atoms with Gasteiger partial charge in [-0.1, -0.05) is 18.2 Å². The monoisotopic (exact) mass is 508 g/mol. The highest BCUT2D eigenvalue weighted by Crippen LogP contribution is 2.29. The number of aromatic nitrogens is 2. The Morgan fingerprint density at radius 1 is 0.921 bits per heavy atom. The molecular weight excluding hydrogens is 476 g/mol. The highest BCUT2D eigenvalue weighted by atomic mass is 16.2. The van der Waals surface area contributed by atoms with E-state index in [0.29, 0.717) is 29.4 Å². The van der Waals surface area contributed by atoms with Gasteiger partial charge in [0.1, 0.15) is 0 Å². The normalized spacial score (nSPS) is 13.4. The summed E-state index contributed by atoms with van der Waals surface area (Å²) < 4.78 is 0. The smallest absolute Gasteiger partial charge is 0.255 e. The van der Waals surface area contributed by atoms with Crippen LogP contribution in [0.5, 0.6) is 0 Å². The SMILES string of the molecule is CNc1ncc2cc(-c3cc(C(=O)Nc4cc(C)ccc4NC(=O)CN4CCCC4)ccc3C)ccc2n1. The minimum Gasteiger partial charge on any atom is -0.357 e. The molecule has 1 saturated heterocycles. The van der Waals surface area contributed by atoms with Gasteiger partial charge in [0, 0.05) is 24.2 Å². The predicted molar refractivity (Wildman–Crippen MR) is 153 cm³/mol. The first-order valence-electron chi connectivity index (χ1n) is 12.9. The van der Waals surface area contributed by atoms with E-state index >= 15 is 0 Å². The molecule has 0 unspecified atom stereocenters. The maximum absolute atomic E-state index is 13.4. The maximum Gasteiger partial charge on any atom is 0.255 e. The summed E-state index contributed by atoms with van der Waals surface area (Å²) in [5, 5.41) is 9.87. The molecule has 2 heterocycles. The Morgan fingerprint density at radius 2 is 1.74 bits per heavy atom. The van der Waals surface area contributed by atoms with Gasteiger partial charge in [0.05, 0.1) is 23.4 Å². The molecule has 8 nitrogen and oxygen atoms in total. The summed E-state index contributed by atoms with van der Waals surface area (Å²) in [4.78, 5) is 37.0. The molecule has 3 aromatic carbocycles. The number of rotatable bonds is 7. The largest absolute Gasteiger partial charge is 0.357 e. The van der Waals surface area contributed by atoms with Crippen molar-refractivity contribution in [3.63, 3.8) is 0 Å². The number of amides is 2. The van der Waals surface area contributed by atoms with Gasteiger partial charge < -0.3 is 16.0 Å². The van der Waals surface area contributed by atoms with Crippen molar-refractivity contribution in [2.45, 2.75) is 26.7 Å². The molecular formula is C30H32N6O2. The van der Waals surface area contributed by atoms with Crippen LogP contribution in [0.2, 0.25) is 0 Å². The Labute approximate surface area is 222 Å². The highest BCUT2D eigenvalue weighted by molar-refractivity contribution is 6.08. The quantitative estimate of drug-likeness (QED) is 0.316. The van der Waals surface area contributed by atoms with Gasteiger partial charge in [-0.15, -0.1) is 0 Å². The van der Waals surface area contributed by atoms with Gasteiger partial charge in [0.15, 0.2) is 0 Å². The standard InChI is InChI=1S/C30H32N6O2/c1-19-6-10-26(33-28(37)18-36-12-4-5-13-36)27(14-19)34-29(38)22-8-7-20(2)24(16-22)21-9-11-25-23(15-21)17-32-30(31-3)35-25/h6-11,14-17H,4-5,12-13,18H2,1-3H3,(H,33,37)(H,34,38)(H,31,32,35). The van der Waals surface area contributed by atoms with Crippen LogP contribution in [0.1, 0.15) is 34.3 Å². The third-order valence-corrected chi connectivity index (χ3v) is 6.88. The number of carbonyl (C=O) groups is 2. The molecule has 1 aliphatic rings. The van der Waals surface area contributed by atoms with Crippen LogP contribution in [0.15, 0.2) is 60.8 Å². The predicted octanol–water partition coefficient (Wildman–Crippen LogP) is 5.24. The van der Waals surface area contributed by atoms with Gasteiger partial charge in [-0.25, -0.2) is 9.97 Å². The Kier molecular flexibility index (Phi) is 7.33. The van der Waals surface area contributed by atoms with Gasteiger partial charge in [-0.05, 0) is 98.4 Å². The summed E-state index contributed by atoms with van der Waals surface area (Å²) in [6.07, 6.45) is 4.05. The van der Waals surface area contributed by atoms with Crippen LogP contribution in [-0.2, 0) is 4.79 Å². The summed E-state index contributed by atoms with van der Waals surface area (Å²) in [5.74, 6) is 0.253. The highest BCUT2D eigenvalue weighted by Gasteiger charge is 2.17. The molecule has 0 aliphatic carbocycles. The third kappa shape index (κ3) is 5.65. The number of hydrogen-bond acceptors (Lipinski definition) is 6. The minimum absolute atomic E-state index is 0.0778. The summed E-state index contributed by atoms with van der Waals surface area (Å²) in [5.41, 5.74) is 6.53. The number of benzene rings is 3. The van der Waals surface area contributed by atoms with E-state index < -0.39 is 0 Å². The summed E-state index contributed by atoms with van der Waals surface area (Å²) in [6, 6.07) is 17.3. The molecule has 8 heteroatoms. The molecule has 0 saturated carbocycles. The lowest BCUT2D eigenvalue weighted by Crippen LogP contribution is -2.31. The fourth-order valence-electron chi connectivity index (χ4n) is 4.79. The molecule has 0 atom stereocenters. The van der Waals surface area contributed by atoms with Gasteiger partial charge in [-0.2, -0.15) is 0 Å². The van der Waals surface area contributed by atoms with E-state index in [9.17, 15) is 9.59 Å². The minimum atomic E-state index is -0.241. The average Bonchev–Trinajstić information content (AvgIpc) is 3.42. The van der Waals surface area contributed by atoms with E-state index in [1.54, 1.807) is 13.2 Å². The van der Waals surface area contributed by atoms with Crippen LogP contribution in [0.25, 0.3) is 22.0 Å². The molecule has 4 aromatic rings. The number of hydrogen-bond donors (Lipinski definition) is 3. The van der Waals surface area contributed by atoms with E-state index in [-0.39, 0.29) is 11.8 Å². The van der Waals surface area contributed by atoms with E-state index in [1.807, 2.05) is 68.4 Å². The zero-order valence-electron chi connectivity index (χ0n) is 22.0. The lowest BCUT2D eigenvalue weighted by molar-refractivity contribution is -0.117. The molecule has 0 radical (unpaired) electrons. The van der Waals surface area contributed by atoms with Crippen molar-refractivity contribution in [2.24, 2.45) is 0 Å². The zero-order chi connectivity index (χ0) is 26.6. The fourth-order valence-corrected chi connectivity index (χ4v) is 4.79. The Bertz CT molecular complexity index is 1510. The molecule has 0 bridgehead atoms. The van der Waals surface area contributed by atoms with E-state index in [1.165, 1.54) is 0 Å². The van der Waals surface area contributed by atoms with E-state index in [0.717, 1.165) is 59.1 Å². The number of aryl methyl sites for hydroxylation is 2. The molecule has 2 amide bonds. The first-order valence-corrected chi connectivity index (χ1v) is 12.9. The number of anilines is 3. The van der Waals surface area contributed by atoms with Crippen molar-refractivity contribution < 1.29 is 9.59 Å². The molecule has 38 heavy (non-hydrogen) atoms. The lowest BCUT2D eigenvalue weighted by Gasteiger charge is -2.17. The second kappa shape index (κ2) is 11.0. The molecule has 5 rings (SSSR count). The number of carbonyl (C=O) groups excluding carboxylic acids is 2. The van der Waals surface area contributed by atoms with Crippen molar-refractivity contribution in [3.8, 4) is 11.1 Å². The van der Waals surface area contributed by atoms with Crippen LogP contribution >= 0.6 is 0 Å². The van der Waals surface area contributed by atoms with Crippen LogP contribution in [0, 0.1) is 13.8 Å². The Balaban J connectivity index is 1.37. The van der Waals surface area contributed by atoms with Gasteiger partial charge in [0.2, 0.25) is 11.9 Å². The van der Waals surface area contributed by atoms with Gasteiger partial charge in [-0.3, -0.25) is 14.5 Å². The second-order valence-corrected chi connectivity index (χ2v) is 9.78. The topological polar surface area (TPSA) is 99.2 Å². The molecule has 3 N–H and O–H groups in total. The number of fused-ring (bicyclic) bond motifs is 1. The molecule has 1 aromatic heterocycles. The molecule has 194 valence electrons. The van der Waals surface area contributed by atoms with Crippen molar-refractivity contribution in [1.82, 2.24) is 14.9 Å². The number of nitrogens with one attached hydrogen (secondary N) is 3. The average molecular weight is 509 g/mol. The Morgan fingerprint density at radius 3 is 2.53 bits per heavy atom. The number of nitrogens with zero attached hydrogens (tertiary/aromatic N) is 3. The Hall–Kier alpha value is -4.30. The van der Waals surface area contributed by atoms with Crippen molar-refractivity contribution in [2.75, 3.05) is 42.6 Å². The van der Waals surface area contributed by atoms with Crippen LogP contribution in [-0.4, -0.2) is 53.4 Å². The first kappa shape index (κ1) is 25.4. The summed E-state index contributed by atoms with van der Waals surface area (Å²) >= 11 is 0. The molecule has 1 fully saturated rings. The maximum atomic E-state index is 13.4. The van der Waals surface area contributed by atoms with Crippen LogP contribution in [0.4, 0.5) is 17.3 Å². The fraction of sp³-hybridized carbons (Fsp3) is 0.267. The van der Waals surface area contributed by atoms with Crippen molar-refractivity contribution in [1.29, 1.82) is 0 Å². The van der Waals surface area contributed by atoms with E-state index in [4.69, 9.17) is 0 Å². The van der Waals surface area contributed by atoms with Crippen molar-refractivity contribution >= 4 is 40.0 Å². The lowest BCUT2D eigenvalue weighted by atomic mass is 9.97. The van der Waals surface area contributed by atoms with Crippen LogP contribution in [0.3, 0.4) is 0 Å². The summed E-state index contributed by atoms with van der Waals surface area (Å²) in [6.45, 7) is 6.23. The zero-order valence-corrected chi connectivity index (χ0v) is 22.0. The van der Waals surface area contributed by atoms with Crippen molar-refractivity contribution in [3.05, 3.63) is 77.5 Å². The van der Waals surface area contributed by atoms with Gasteiger partial charge in [0.25, 0.3) is 5.91 Å². The molecule has 0 spiro atoms. The third-order valence-electron chi connectivity index (χ3n) is 6.88. The van der Waals surface area contributed by atoms with Crippen LogP contribution < -0.4 is 16.0 Å². The van der Waals surface area contributed by atoms with E-state index in [2.05, 4.69) is 30.8 Å². The summed E-state index contributed by atoms with van der Waals surface area (Å²) in [7, 11) is 1.79.